The van der Waals surface area contributed by atoms with Crippen LogP contribution in [0.5, 0.6) is 0 Å². The van der Waals surface area contributed by atoms with Gasteiger partial charge in [-0.25, -0.2) is 15.0 Å². The van der Waals surface area contributed by atoms with Crippen LogP contribution in [0, 0.1) is 0 Å². The van der Waals surface area contributed by atoms with Crippen molar-refractivity contribution in [1.29, 1.82) is 0 Å². The smallest absolute Gasteiger partial charge is 0.284 e. The fraction of sp³-hybridized carbons (Fsp3) is 0. The summed E-state index contributed by atoms with van der Waals surface area (Å²) < 4.78 is 0. The standard InChI is InChI=1S/C6H5N5O/c7-4(12)6-10-3-1-8-2-9-5(3)11-6/h1-2H,(H2,7,12)(H,8,9,10,11). The highest BCUT2D eigenvalue weighted by molar-refractivity contribution is 5.91. The number of amides is 1. The first-order valence-electron chi connectivity index (χ1n) is 3.23. The van der Waals surface area contributed by atoms with E-state index in [0.717, 1.165) is 0 Å². The summed E-state index contributed by atoms with van der Waals surface area (Å²) in [6.07, 6.45) is 2.88. The molecule has 0 radical (unpaired) electrons. The van der Waals surface area contributed by atoms with Gasteiger partial charge in [0.1, 0.15) is 11.8 Å². The molecule has 0 aromatic carbocycles. The van der Waals surface area contributed by atoms with E-state index in [9.17, 15) is 4.79 Å². The lowest BCUT2D eigenvalue weighted by Crippen LogP contribution is -2.12. The largest absolute Gasteiger partial charge is 0.363 e. The maximum Gasteiger partial charge on any atom is 0.284 e. The summed E-state index contributed by atoms with van der Waals surface area (Å²) in [6.45, 7) is 0. The molecule has 12 heavy (non-hydrogen) atoms. The van der Waals surface area contributed by atoms with Gasteiger partial charge in [0.05, 0.1) is 6.20 Å². The molecule has 2 heterocycles. The predicted octanol–water partition coefficient (Wildman–Crippen LogP) is -0.548. The molecule has 6 heteroatoms. The van der Waals surface area contributed by atoms with Crippen LogP contribution in [0.4, 0.5) is 0 Å². The van der Waals surface area contributed by atoms with Crippen LogP contribution in [-0.4, -0.2) is 25.8 Å². The van der Waals surface area contributed by atoms with Gasteiger partial charge in [0.25, 0.3) is 5.91 Å². The lowest BCUT2D eigenvalue weighted by Gasteiger charge is -1.81. The Morgan fingerprint density at radius 1 is 1.58 bits per heavy atom. The third kappa shape index (κ3) is 0.895. The Balaban J connectivity index is 2.70. The number of carbonyl (C=O) groups is 1. The van der Waals surface area contributed by atoms with E-state index in [0.29, 0.717) is 11.2 Å². The van der Waals surface area contributed by atoms with Crippen LogP contribution in [0.15, 0.2) is 12.5 Å². The molecule has 0 aliphatic heterocycles. The molecule has 0 aliphatic carbocycles. The van der Waals surface area contributed by atoms with Crippen LogP contribution < -0.4 is 5.73 Å². The van der Waals surface area contributed by atoms with E-state index in [-0.39, 0.29) is 5.82 Å². The average Bonchev–Trinajstić information content (AvgIpc) is 2.46. The number of nitrogens with two attached hydrogens (primary N) is 1. The van der Waals surface area contributed by atoms with Gasteiger partial charge in [-0.1, -0.05) is 0 Å². The lowest BCUT2D eigenvalue weighted by molar-refractivity contribution is 0.0991. The fourth-order valence-corrected chi connectivity index (χ4v) is 0.879. The van der Waals surface area contributed by atoms with Gasteiger partial charge in [0, 0.05) is 0 Å². The number of aromatic amines is 1. The van der Waals surface area contributed by atoms with Crippen molar-refractivity contribution in [3.05, 3.63) is 18.3 Å². The molecule has 0 bridgehead atoms. The number of H-pyrrole nitrogens is 1. The first-order valence-corrected chi connectivity index (χ1v) is 3.23. The summed E-state index contributed by atoms with van der Waals surface area (Å²) in [5.74, 6) is -0.501. The normalized spacial score (nSPS) is 10.3. The summed E-state index contributed by atoms with van der Waals surface area (Å²) >= 11 is 0. The predicted molar refractivity (Wildman–Crippen MR) is 40.2 cm³/mol. The number of primary amides is 1. The molecule has 0 atom stereocenters. The zero-order chi connectivity index (χ0) is 8.55. The number of aromatic nitrogens is 4. The molecule has 1 amide bonds. The minimum atomic E-state index is -0.604. The second kappa shape index (κ2) is 2.26. The van der Waals surface area contributed by atoms with Gasteiger partial charge in [0.2, 0.25) is 0 Å². The molecule has 0 saturated carbocycles. The van der Waals surface area contributed by atoms with E-state index in [4.69, 9.17) is 5.73 Å². The zero-order valence-corrected chi connectivity index (χ0v) is 5.98. The Hall–Kier alpha value is -1.98. The van der Waals surface area contributed by atoms with Crippen LogP contribution in [-0.2, 0) is 0 Å². The number of imidazole rings is 1. The summed E-state index contributed by atoms with van der Waals surface area (Å²) in [5, 5.41) is 0. The highest BCUT2D eigenvalue weighted by atomic mass is 16.1. The Morgan fingerprint density at radius 2 is 2.42 bits per heavy atom. The van der Waals surface area contributed by atoms with Crippen molar-refractivity contribution in [2.45, 2.75) is 0 Å². The molecule has 3 N–H and O–H groups in total. The molecule has 60 valence electrons. The van der Waals surface area contributed by atoms with Crippen molar-refractivity contribution in [2.75, 3.05) is 0 Å². The third-order valence-corrected chi connectivity index (χ3v) is 1.40. The highest BCUT2D eigenvalue weighted by Crippen LogP contribution is 2.04. The van der Waals surface area contributed by atoms with Crippen molar-refractivity contribution in [1.82, 2.24) is 19.9 Å². The summed E-state index contributed by atoms with van der Waals surface area (Å²) in [5.41, 5.74) is 6.04. The Bertz CT molecular complexity index is 401. The molecule has 0 saturated heterocycles. The molecule has 6 nitrogen and oxygen atoms in total. The maximum atomic E-state index is 10.7. The van der Waals surface area contributed by atoms with Gasteiger partial charge in [-0.2, -0.15) is 0 Å². The van der Waals surface area contributed by atoms with E-state index in [1.165, 1.54) is 12.5 Å². The number of hydrogen-bond donors (Lipinski definition) is 2. The quantitative estimate of drug-likeness (QED) is 0.589. The topological polar surface area (TPSA) is 97.6 Å². The highest BCUT2D eigenvalue weighted by Gasteiger charge is 2.06. The van der Waals surface area contributed by atoms with E-state index in [2.05, 4.69) is 19.9 Å². The van der Waals surface area contributed by atoms with E-state index < -0.39 is 5.91 Å². The number of nitrogens with zero attached hydrogens (tertiary/aromatic N) is 3. The third-order valence-electron chi connectivity index (χ3n) is 1.40. The second-order valence-electron chi connectivity index (χ2n) is 2.21. The van der Waals surface area contributed by atoms with Crippen molar-refractivity contribution >= 4 is 17.1 Å². The van der Waals surface area contributed by atoms with E-state index in [1.54, 1.807) is 0 Å². The Kier molecular flexibility index (Phi) is 1.26. The molecule has 2 rings (SSSR count). The number of nitrogens with one attached hydrogen (secondary N) is 1. The van der Waals surface area contributed by atoms with Crippen LogP contribution in [0.2, 0.25) is 0 Å². The molecule has 2 aromatic heterocycles. The summed E-state index contributed by atoms with van der Waals surface area (Å²) in [4.78, 5) is 24.7. The minimum Gasteiger partial charge on any atom is -0.363 e. The monoisotopic (exact) mass is 163 g/mol. The zero-order valence-electron chi connectivity index (χ0n) is 5.98. The second-order valence-corrected chi connectivity index (χ2v) is 2.21. The van der Waals surface area contributed by atoms with Crippen LogP contribution in [0.1, 0.15) is 10.6 Å². The van der Waals surface area contributed by atoms with Crippen molar-refractivity contribution in [3.8, 4) is 0 Å². The lowest BCUT2D eigenvalue weighted by atomic mass is 10.6. The molecule has 0 aliphatic rings. The molecular weight excluding hydrogens is 158 g/mol. The average molecular weight is 163 g/mol. The molecular formula is C6H5N5O. The summed E-state index contributed by atoms with van der Waals surface area (Å²) in [6, 6.07) is 0. The van der Waals surface area contributed by atoms with Gasteiger partial charge in [-0.3, -0.25) is 4.79 Å². The van der Waals surface area contributed by atoms with Gasteiger partial charge in [-0.15, -0.1) is 0 Å². The van der Waals surface area contributed by atoms with Crippen molar-refractivity contribution in [3.63, 3.8) is 0 Å². The van der Waals surface area contributed by atoms with Gasteiger partial charge < -0.3 is 10.7 Å². The Morgan fingerprint density at radius 3 is 3.08 bits per heavy atom. The van der Waals surface area contributed by atoms with Gasteiger partial charge in [-0.05, 0) is 0 Å². The van der Waals surface area contributed by atoms with E-state index in [1.807, 2.05) is 0 Å². The van der Waals surface area contributed by atoms with Gasteiger partial charge in [0.15, 0.2) is 11.5 Å². The molecule has 0 spiro atoms. The minimum absolute atomic E-state index is 0.102. The molecule has 2 aromatic rings. The van der Waals surface area contributed by atoms with Crippen LogP contribution >= 0.6 is 0 Å². The first kappa shape index (κ1) is 6.71. The maximum absolute atomic E-state index is 10.7. The number of fused-ring (bicyclic) bond motifs is 1. The Labute approximate surface area is 66.8 Å². The fourth-order valence-electron chi connectivity index (χ4n) is 0.879. The van der Waals surface area contributed by atoms with Crippen LogP contribution in [0.3, 0.4) is 0 Å². The van der Waals surface area contributed by atoms with Gasteiger partial charge >= 0.3 is 0 Å². The first-order chi connectivity index (χ1) is 5.77. The molecule has 0 fully saturated rings. The number of hydrogen-bond acceptors (Lipinski definition) is 4. The number of carbonyl (C=O) groups excluding carboxylic acids is 1. The number of rotatable bonds is 1. The SMILES string of the molecule is NC(=O)c1nc2ncncc2[nH]1. The summed E-state index contributed by atoms with van der Waals surface area (Å²) in [7, 11) is 0. The molecule has 0 unspecified atom stereocenters. The van der Waals surface area contributed by atoms with Crippen molar-refractivity contribution < 1.29 is 4.79 Å². The van der Waals surface area contributed by atoms with E-state index >= 15 is 0 Å². The van der Waals surface area contributed by atoms with Crippen LogP contribution in [0.25, 0.3) is 11.2 Å². The van der Waals surface area contributed by atoms with Crippen molar-refractivity contribution in [2.24, 2.45) is 5.73 Å².